The molecule has 5 nitrogen and oxygen atoms in total. The lowest BCUT2D eigenvalue weighted by atomic mass is 9.80. The van der Waals surface area contributed by atoms with Crippen LogP contribution in [0.15, 0.2) is 35.7 Å². The lowest BCUT2D eigenvalue weighted by Gasteiger charge is -2.31. The fourth-order valence-corrected chi connectivity index (χ4v) is 4.55. The second-order valence-electron chi connectivity index (χ2n) is 6.18. The van der Waals surface area contributed by atoms with Gasteiger partial charge in [-0.25, -0.2) is 9.18 Å². The molecule has 1 atom stereocenters. The topological polar surface area (TPSA) is 58.6 Å². The molecule has 4 rings (SSSR count). The molecule has 1 saturated heterocycles. The number of para-hydroxylation sites is 1. The molecule has 0 bridgehead atoms. The second-order valence-corrected chi connectivity index (χ2v) is 7.18. The van der Waals surface area contributed by atoms with Gasteiger partial charge in [0.25, 0.3) is 5.91 Å². The molecule has 1 aliphatic carbocycles. The lowest BCUT2D eigenvalue weighted by Crippen LogP contribution is -2.46. The molecule has 1 aromatic heterocycles. The number of halogens is 1. The van der Waals surface area contributed by atoms with Crippen molar-refractivity contribution in [1.82, 2.24) is 10.2 Å². The van der Waals surface area contributed by atoms with Crippen molar-refractivity contribution >= 4 is 23.3 Å². The molecule has 1 aromatic carbocycles. The number of nitrogens with zero attached hydrogens (tertiary/aromatic N) is 1. The van der Waals surface area contributed by atoms with E-state index in [1.165, 1.54) is 17.0 Å². The van der Waals surface area contributed by atoms with Crippen LogP contribution in [0, 0.1) is 5.82 Å². The Morgan fingerprint density at radius 2 is 2.12 bits per heavy atom. The summed E-state index contributed by atoms with van der Waals surface area (Å²) < 4.78 is 19.0. The van der Waals surface area contributed by atoms with E-state index in [2.05, 4.69) is 5.32 Å². The number of amides is 3. The van der Waals surface area contributed by atoms with Crippen LogP contribution in [0.5, 0.6) is 5.75 Å². The number of hydrogen-bond donors (Lipinski definition) is 1. The van der Waals surface area contributed by atoms with E-state index in [-0.39, 0.29) is 24.8 Å². The predicted octanol–water partition coefficient (Wildman–Crippen LogP) is 3.05. The summed E-state index contributed by atoms with van der Waals surface area (Å²) in [5.74, 6) is -0.595. The van der Waals surface area contributed by atoms with Crippen molar-refractivity contribution in [2.75, 3.05) is 13.2 Å². The Hall–Kier alpha value is -2.41. The molecule has 3 amide bonds. The summed E-state index contributed by atoms with van der Waals surface area (Å²) in [5, 5.41) is 4.85. The molecule has 1 spiro atoms. The van der Waals surface area contributed by atoms with Gasteiger partial charge in [0.15, 0.2) is 11.6 Å². The summed E-state index contributed by atoms with van der Waals surface area (Å²) in [5.41, 5.74) is -0.0255. The minimum absolute atomic E-state index is 0.0483. The average molecular weight is 360 g/mol. The Bertz CT molecular complexity index is 837. The third kappa shape index (κ3) is 2.59. The van der Waals surface area contributed by atoms with Gasteiger partial charge in [-0.2, -0.15) is 0 Å². The van der Waals surface area contributed by atoms with Crippen LogP contribution < -0.4 is 10.1 Å². The number of ether oxygens (including phenoxy) is 1. The van der Waals surface area contributed by atoms with Gasteiger partial charge in [0.1, 0.15) is 12.1 Å². The Balaban J connectivity index is 1.49. The van der Waals surface area contributed by atoms with Crippen LogP contribution in [0.4, 0.5) is 9.18 Å². The maximum absolute atomic E-state index is 13.6. The Morgan fingerprint density at radius 1 is 1.28 bits per heavy atom. The summed E-state index contributed by atoms with van der Waals surface area (Å²) in [6, 6.07) is 7.57. The molecule has 2 heterocycles. The first-order valence-corrected chi connectivity index (χ1v) is 9.08. The zero-order chi connectivity index (χ0) is 17.4. The number of carbonyl (C=O) groups is 2. The molecule has 25 heavy (non-hydrogen) atoms. The summed E-state index contributed by atoms with van der Waals surface area (Å²) in [4.78, 5) is 27.7. The van der Waals surface area contributed by atoms with Gasteiger partial charge < -0.3 is 10.1 Å². The quantitative estimate of drug-likeness (QED) is 0.853. The van der Waals surface area contributed by atoms with Crippen molar-refractivity contribution in [3.63, 3.8) is 0 Å². The zero-order valence-electron chi connectivity index (χ0n) is 13.5. The van der Waals surface area contributed by atoms with Crippen molar-refractivity contribution in [3.8, 4) is 5.75 Å². The van der Waals surface area contributed by atoms with Gasteiger partial charge in [0.2, 0.25) is 0 Å². The van der Waals surface area contributed by atoms with Gasteiger partial charge in [0, 0.05) is 10.4 Å². The number of benzene rings is 1. The van der Waals surface area contributed by atoms with Gasteiger partial charge in [-0.3, -0.25) is 9.69 Å². The molecule has 2 aliphatic rings. The number of imide groups is 1. The van der Waals surface area contributed by atoms with Crippen LogP contribution in [-0.2, 0) is 16.8 Å². The monoisotopic (exact) mass is 360 g/mol. The van der Waals surface area contributed by atoms with Crippen LogP contribution in [0.1, 0.15) is 23.3 Å². The normalized spacial score (nSPS) is 22.2. The molecular weight excluding hydrogens is 343 g/mol. The number of aryl methyl sites for hydroxylation is 1. The third-order valence-electron chi connectivity index (χ3n) is 4.75. The van der Waals surface area contributed by atoms with E-state index in [0.717, 1.165) is 23.3 Å². The lowest BCUT2D eigenvalue weighted by molar-refractivity contribution is -0.132. The van der Waals surface area contributed by atoms with E-state index in [9.17, 15) is 14.0 Å². The average Bonchev–Trinajstić information content (AvgIpc) is 3.17. The molecule has 1 aliphatic heterocycles. The smallest absolute Gasteiger partial charge is 0.325 e. The molecular formula is C18H17FN2O3S. The molecule has 130 valence electrons. The largest absolute Gasteiger partial charge is 0.489 e. The Kier molecular flexibility index (Phi) is 3.95. The Labute approximate surface area is 148 Å². The number of hydrogen-bond acceptors (Lipinski definition) is 4. The van der Waals surface area contributed by atoms with Crippen LogP contribution in [0.25, 0.3) is 0 Å². The van der Waals surface area contributed by atoms with Crippen molar-refractivity contribution < 1.29 is 18.7 Å². The number of carbonyl (C=O) groups excluding carboxylic acids is 2. The highest BCUT2D eigenvalue weighted by Gasteiger charge is 2.54. The van der Waals surface area contributed by atoms with Crippen molar-refractivity contribution in [2.24, 2.45) is 0 Å². The summed E-state index contributed by atoms with van der Waals surface area (Å²) >= 11 is 1.62. The van der Waals surface area contributed by atoms with Crippen molar-refractivity contribution in [1.29, 1.82) is 0 Å². The standard InChI is InChI=1S/C18H17FN2O3S/c19-13-4-1-2-5-14(13)24-10-9-21-16(22)18(20-17(21)23)8-3-6-15-12(18)7-11-25-15/h1-2,4-5,7,11H,3,6,8-10H2,(H,20,23)/t18-/m0/s1. The third-order valence-corrected chi connectivity index (χ3v) is 5.73. The molecule has 2 aromatic rings. The van der Waals surface area contributed by atoms with Crippen molar-refractivity contribution in [2.45, 2.75) is 24.8 Å². The summed E-state index contributed by atoms with van der Waals surface area (Å²) in [6.07, 6.45) is 2.40. The molecule has 1 N–H and O–H groups in total. The molecule has 7 heteroatoms. The summed E-state index contributed by atoms with van der Waals surface area (Å²) in [6.45, 7) is 0.132. The second kappa shape index (κ2) is 6.15. The van der Waals surface area contributed by atoms with Gasteiger partial charge in [0.05, 0.1) is 6.54 Å². The van der Waals surface area contributed by atoms with Crippen LogP contribution >= 0.6 is 11.3 Å². The fourth-order valence-electron chi connectivity index (χ4n) is 3.55. The minimum Gasteiger partial charge on any atom is -0.489 e. The first kappa shape index (κ1) is 16.1. The predicted molar refractivity (Wildman–Crippen MR) is 91.1 cm³/mol. The van der Waals surface area contributed by atoms with Gasteiger partial charge >= 0.3 is 6.03 Å². The van der Waals surface area contributed by atoms with Gasteiger partial charge in [-0.15, -0.1) is 11.3 Å². The summed E-state index contributed by atoms with van der Waals surface area (Å²) in [7, 11) is 0. The molecule has 0 saturated carbocycles. The van der Waals surface area contributed by atoms with E-state index in [0.29, 0.717) is 6.42 Å². The van der Waals surface area contributed by atoms with E-state index in [1.807, 2.05) is 11.4 Å². The van der Waals surface area contributed by atoms with Crippen molar-refractivity contribution in [3.05, 3.63) is 52.0 Å². The number of rotatable bonds is 4. The first-order chi connectivity index (χ1) is 12.1. The highest BCUT2D eigenvalue weighted by molar-refractivity contribution is 7.10. The number of fused-ring (bicyclic) bond motifs is 2. The van der Waals surface area contributed by atoms with Gasteiger partial charge in [-0.1, -0.05) is 12.1 Å². The highest BCUT2D eigenvalue weighted by atomic mass is 32.1. The Morgan fingerprint density at radius 3 is 2.96 bits per heavy atom. The first-order valence-electron chi connectivity index (χ1n) is 8.20. The minimum atomic E-state index is -0.942. The molecule has 0 radical (unpaired) electrons. The van der Waals surface area contributed by atoms with Crippen LogP contribution in [0.2, 0.25) is 0 Å². The highest BCUT2D eigenvalue weighted by Crippen LogP contribution is 2.42. The van der Waals surface area contributed by atoms with Crippen LogP contribution in [0.3, 0.4) is 0 Å². The van der Waals surface area contributed by atoms with E-state index in [4.69, 9.17) is 4.74 Å². The SMILES string of the molecule is O=C1N[C@]2(CCCc3sccc32)C(=O)N1CCOc1ccccc1F. The van der Waals surface area contributed by atoms with Crippen LogP contribution in [-0.4, -0.2) is 30.0 Å². The fraction of sp³-hybridized carbons (Fsp3) is 0.333. The van der Waals surface area contributed by atoms with Gasteiger partial charge in [-0.05, 0) is 42.8 Å². The maximum Gasteiger partial charge on any atom is 0.325 e. The zero-order valence-corrected chi connectivity index (χ0v) is 14.3. The molecule has 0 unspecified atom stereocenters. The maximum atomic E-state index is 13.6. The molecule has 1 fully saturated rings. The number of urea groups is 1. The number of nitrogens with one attached hydrogen (secondary N) is 1. The number of thiophene rings is 1. The van der Waals surface area contributed by atoms with E-state index >= 15 is 0 Å². The van der Waals surface area contributed by atoms with E-state index < -0.39 is 17.4 Å². The van der Waals surface area contributed by atoms with E-state index in [1.54, 1.807) is 23.5 Å².